The van der Waals surface area contributed by atoms with Crippen LogP contribution in [0, 0.1) is 13.8 Å². The molecule has 0 saturated carbocycles. The lowest BCUT2D eigenvalue weighted by atomic mass is 9.97. The Bertz CT molecular complexity index is 587. The van der Waals surface area contributed by atoms with Crippen LogP contribution in [-0.4, -0.2) is 23.8 Å². The van der Waals surface area contributed by atoms with Gasteiger partial charge in [-0.25, -0.2) is 0 Å². The molecule has 2 aromatic rings. The molecular weight excluding hydrogens is 250 g/mol. The monoisotopic (exact) mass is 271 g/mol. The van der Waals surface area contributed by atoms with Gasteiger partial charge in [-0.05, 0) is 45.5 Å². The maximum atomic E-state index is 12.6. The van der Waals surface area contributed by atoms with Crippen LogP contribution in [0.5, 0.6) is 0 Å². The maximum Gasteiger partial charge on any atom is 0.179 e. The van der Waals surface area contributed by atoms with Crippen LogP contribution in [0.4, 0.5) is 0 Å². The number of Topliss-reactive ketones (excluding diaryl/α,β-unsaturated/α-hetero) is 1. The molecule has 0 bridgehead atoms. The predicted molar refractivity (Wildman–Crippen MR) is 79.9 cm³/mol. The third-order valence-corrected chi connectivity index (χ3v) is 3.71. The summed E-state index contributed by atoms with van der Waals surface area (Å²) >= 11 is 0. The van der Waals surface area contributed by atoms with Crippen LogP contribution in [0.25, 0.3) is 0 Å². The topological polar surface area (TPSA) is 33.5 Å². The predicted octanol–water partition coefficient (Wildman–Crippen LogP) is 3.60. The van der Waals surface area contributed by atoms with Gasteiger partial charge in [0.15, 0.2) is 5.78 Å². The highest BCUT2D eigenvalue weighted by Crippen LogP contribution is 2.16. The van der Waals surface area contributed by atoms with Crippen molar-refractivity contribution in [3.8, 4) is 0 Å². The highest BCUT2D eigenvalue weighted by molar-refractivity contribution is 6.01. The summed E-state index contributed by atoms with van der Waals surface area (Å²) in [6.45, 7) is 6.64. The zero-order chi connectivity index (χ0) is 14.7. The van der Waals surface area contributed by atoms with Gasteiger partial charge in [-0.1, -0.05) is 17.7 Å². The van der Waals surface area contributed by atoms with E-state index in [1.165, 1.54) is 0 Å². The van der Waals surface area contributed by atoms with Crippen molar-refractivity contribution in [2.24, 2.45) is 0 Å². The molecule has 20 heavy (non-hydrogen) atoms. The molecule has 1 unspecified atom stereocenters. The first-order valence-electron chi connectivity index (χ1n) is 6.82. The van der Waals surface area contributed by atoms with E-state index >= 15 is 0 Å². The van der Waals surface area contributed by atoms with Crippen LogP contribution in [0.3, 0.4) is 0 Å². The standard InChI is InChI=1S/C17H21NO2/c1-12-5-6-13(2)16(9-12)17(19)14(3)18(4)10-15-7-8-20-11-15/h5-9,11,14H,10H2,1-4H3. The Morgan fingerprint density at radius 1 is 1.30 bits per heavy atom. The average Bonchev–Trinajstić information content (AvgIpc) is 2.92. The van der Waals surface area contributed by atoms with E-state index in [2.05, 4.69) is 0 Å². The largest absolute Gasteiger partial charge is 0.472 e. The van der Waals surface area contributed by atoms with Crippen LogP contribution in [-0.2, 0) is 6.54 Å². The zero-order valence-electron chi connectivity index (χ0n) is 12.5. The zero-order valence-corrected chi connectivity index (χ0v) is 12.5. The van der Waals surface area contributed by atoms with Gasteiger partial charge in [-0.3, -0.25) is 9.69 Å². The van der Waals surface area contributed by atoms with E-state index in [1.54, 1.807) is 12.5 Å². The van der Waals surface area contributed by atoms with Gasteiger partial charge in [0, 0.05) is 17.7 Å². The van der Waals surface area contributed by atoms with Gasteiger partial charge in [0.2, 0.25) is 0 Å². The fourth-order valence-electron chi connectivity index (χ4n) is 2.23. The average molecular weight is 271 g/mol. The molecule has 106 valence electrons. The molecule has 0 N–H and O–H groups in total. The van der Waals surface area contributed by atoms with Gasteiger partial charge < -0.3 is 4.42 Å². The quantitative estimate of drug-likeness (QED) is 0.779. The molecule has 0 aliphatic carbocycles. The smallest absolute Gasteiger partial charge is 0.179 e. The van der Waals surface area contributed by atoms with Crippen LogP contribution < -0.4 is 0 Å². The van der Waals surface area contributed by atoms with E-state index in [1.807, 2.05) is 57.0 Å². The molecule has 1 atom stereocenters. The Kier molecular flexibility index (Phi) is 4.40. The molecular formula is C17H21NO2. The number of carbonyl (C=O) groups is 1. The van der Waals surface area contributed by atoms with E-state index < -0.39 is 0 Å². The summed E-state index contributed by atoms with van der Waals surface area (Å²) in [5.41, 5.74) is 4.04. The van der Waals surface area contributed by atoms with Crippen molar-refractivity contribution in [1.82, 2.24) is 4.90 Å². The van der Waals surface area contributed by atoms with E-state index in [-0.39, 0.29) is 11.8 Å². The fourth-order valence-corrected chi connectivity index (χ4v) is 2.23. The summed E-state index contributed by atoms with van der Waals surface area (Å²) in [5.74, 6) is 0.164. The molecule has 2 rings (SSSR count). The van der Waals surface area contributed by atoms with Crippen molar-refractivity contribution < 1.29 is 9.21 Å². The highest BCUT2D eigenvalue weighted by atomic mass is 16.3. The first-order chi connectivity index (χ1) is 9.49. The lowest BCUT2D eigenvalue weighted by Gasteiger charge is -2.23. The summed E-state index contributed by atoms with van der Waals surface area (Å²) in [6.07, 6.45) is 3.37. The lowest BCUT2D eigenvalue weighted by Crippen LogP contribution is -2.35. The van der Waals surface area contributed by atoms with Gasteiger partial charge in [0.05, 0.1) is 18.6 Å². The minimum absolute atomic E-state index is 0.162. The second kappa shape index (κ2) is 6.06. The number of likely N-dealkylation sites (N-methyl/N-ethyl adjacent to an activating group) is 1. The number of hydrogen-bond donors (Lipinski definition) is 0. The minimum Gasteiger partial charge on any atom is -0.472 e. The molecule has 0 aliphatic heterocycles. The lowest BCUT2D eigenvalue weighted by molar-refractivity contribution is 0.0861. The fraction of sp³-hybridized carbons (Fsp3) is 0.353. The van der Waals surface area contributed by atoms with E-state index in [0.717, 1.165) is 22.3 Å². The Morgan fingerprint density at radius 2 is 2.05 bits per heavy atom. The molecule has 3 nitrogen and oxygen atoms in total. The summed E-state index contributed by atoms with van der Waals surface area (Å²) in [6, 6.07) is 7.77. The molecule has 0 radical (unpaired) electrons. The number of carbonyl (C=O) groups excluding carboxylic acids is 1. The molecule has 0 amide bonds. The molecule has 3 heteroatoms. The van der Waals surface area contributed by atoms with Gasteiger partial charge in [0.1, 0.15) is 0 Å². The number of aryl methyl sites for hydroxylation is 2. The molecule has 1 aromatic heterocycles. The summed E-state index contributed by atoms with van der Waals surface area (Å²) in [5, 5.41) is 0. The molecule has 1 heterocycles. The Hall–Kier alpha value is -1.87. The summed E-state index contributed by atoms with van der Waals surface area (Å²) in [7, 11) is 1.96. The van der Waals surface area contributed by atoms with Crippen molar-refractivity contribution in [2.75, 3.05) is 7.05 Å². The first kappa shape index (κ1) is 14.5. The van der Waals surface area contributed by atoms with Crippen LogP contribution in [0.15, 0.2) is 41.2 Å². The van der Waals surface area contributed by atoms with Gasteiger partial charge in [-0.2, -0.15) is 0 Å². The molecule has 0 saturated heterocycles. The van der Waals surface area contributed by atoms with Crippen molar-refractivity contribution in [2.45, 2.75) is 33.4 Å². The Morgan fingerprint density at radius 3 is 2.70 bits per heavy atom. The van der Waals surface area contributed by atoms with Gasteiger partial charge in [0.25, 0.3) is 0 Å². The normalized spacial score (nSPS) is 12.7. The number of nitrogens with zero attached hydrogens (tertiary/aromatic N) is 1. The Labute approximate surface area is 120 Å². The van der Waals surface area contributed by atoms with Crippen LogP contribution >= 0.6 is 0 Å². The highest BCUT2D eigenvalue weighted by Gasteiger charge is 2.21. The van der Waals surface area contributed by atoms with Crippen LogP contribution in [0.2, 0.25) is 0 Å². The van der Waals surface area contributed by atoms with Crippen molar-refractivity contribution >= 4 is 5.78 Å². The summed E-state index contributed by atoms with van der Waals surface area (Å²) < 4.78 is 5.06. The first-order valence-corrected chi connectivity index (χ1v) is 6.82. The van der Waals surface area contributed by atoms with E-state index in [0.29, 0.717) is 6.54 Å². The van der Waals surface area contributed by atoms with Gasteiger partial charge in [-0.15, -0.1) is 0 Å². The van der Waals surface area contributed by atoms with Gasteiger partial charge >= 0.3 is 0 Å². The maximum absolute atomic E-state index is 12.6. The number of ketones is 1. The second-order valence-electron chi connectivity index (χ2n) is 5.41. The molecule has 1 aromatic carbocycles. The molecule has 0 aliphatic rings. The third kappa shape index (κ3) is 3.17. The Balaban J connectivity index is 2.13. The third-order valence-electron chi connectivity index (χ3n) is 3.71. The number of benzene rings is 1. The number of furan rings is 1. The van der Waals surface area contributed by atoms with Crippen molar-refractivity contribution in [3.05, 3.63) is 59.0 Å². The number of hydrogen-bond acceptors (Lipinski definition) is 3. The van der Waals surface area contributed by atoms with Crippen LogP contribution in [0.1, 0.15) is 34.0 Å². The molecule has 0 spiro atoms. The van der Waals surface area contributed by atoms with E-state index in [4.69, 9.17) is 4.42 Å². The second-order valence-corrected chi connectivity index (χ2v) is 5.41. The summed E-state index contributed by atoms with van der Waals surface area (Å²) in [4.78, 5) is 14.7. The number of rotatable bonds is 5. The molecule has 0 fully saturated rings. The minimum atomic E-state index is -0.162. The van der Waals surface area contributed by atoms with Crippen molar-refractivity contribution in [3.63, 3.8) is 0 Å². The van der Waals surface area contributed by atoms with E-state index in [9.17, 15) is 4.79 Å². The SMILES string of the molecule is Cc1ccc(C)c(C(=O)C(C)N(C)Cc2ccoc2)c1. The van der Waals surface area contributed by atoms with Crippen molar-refractivity contribution in [1.29, 1.82) is 0 Å².